The van der Waals surface area contributed by atoms with Crippen molar-refractivity contribution in [1.82, 2.24) is 0 Å². The molecule has 0 aliphatic carbocycles. The molecule has 1 rings (SSSR count). The lowest BCUT2D eigenvalue weighted by atomic mass is 10.0. The average Bonchev–Trinajstić information content (AvgIpc) is 2.32. The van der Waals surface area contributed by atoms with Crippen LogP contribution in [0.1, 0.15) is 13.3 Å². The largest absolute Gasteiger partial charge is 0.390 e. The molecule has 1 aliphatic heterocycles. The monoisotopic (exact) mass is 178 g/mol. The van der Waals surface area contributed by atoms with E-state index >= 15 is 0 Å². The minimum atomic E-state index is -1.40. The lowest BCUT2D eigenvalue weighted by Gasteiger charge is -2.18. The van der Waals surface area contributed by atoms with Crippen LogP contribution in [0.15, 0.2) is 0 Å². The molecular formula is C7H14O5. The van der Waals surface area contributed by atoms with Crippen molar-refractivity contribution in [2.45, 2.75) is 44.1 Å². The van der Waals surface area contributed by atoms with Crippen LogP contribution in [-0.4, -0.2) is 51.1 Å². The van der Waals surface area contributed by atoms with Crippen LogP contribution in [0.4, 0.5) is 0 Å². The van der Waals surface area contributed by atoms with Crippen LogP contribution in [0.25, 0.3) is 0 Å². The molecule has 0 radical (unpaired) electrons. The molecular weight excluding hydrogens is 164 g/mol. The lowest BCUT2D eigenvalue weighted by molar-refractivity contribution is -0.146. The van der Waals surface area contributed by atoms with Gasteiger partial charge in [-0.3, -0.25) is 0 Å². The summed E-state index contributed by atoms with van der Waals surface area (Å²) in [6, 6.07) is 0. The highest BCUT2D eigenvalue weighted by atomic mass is 16.6. The zero-order chi connectivity index (χ0) is 9.30. The molecule has 5 nitrogen and oxygen atoms in total. The van der Waals surface area contributed by atoms with Crippen LogP contribution in [0, 0.1) is 0 Å². The third kappa shape index (κ3) is 1.60. The first-order chi connectivity index (χ1) is 5.57. The van der Waals surface area contributed by atoms with Crippen molar-refractivity contribution in [2.24, 2.45) is 0 Å². The van der Waals surface area contributed by atoms with E-state index in [1.165, 1.54) is 0 Å². The third-order valence-electron chi connectivity index (χ3n) is 2.07. The second-order valence-corrected chi connectivity index (χ2v) is 2.95. The molecule has 0 bridgehead atoms. The van der Waals surface area contributed by atoms with Gasteiger partial charge in [-0.1, -0.05) is 6.92 Å². The summed E-state index contributed by atoms with van der Waals surface area (Å²) < 4.78 is 4.74. The van der Waals surface area contributed by atoms with Gasteiger partial charge in [0.05, 0.1) is 6.10 Å². The van der Waals surface area contributed by atoms with Gasteiger partial charge in [0.15, 0.2) is 6.29 Å². The SMILES string of the molecule is CC[C@@H](O)C1O[C@H](O)C(O)C1O. The third-order valence-corrected chi connectivity index (χ3v) is 2.07. The van der Waals surface area contributed by atoms with Gasteiger partial charge >= 0.3 is 0 Å². The quantitative estimate of drug-likeness (QED) is 0.400. The molecule has 12 heavy (non-hydrogen) atoms. The normalized spacial score (nSPS) is 44.8. The molecule has 3 unspecified atom stereocenters. The Morgan fingerprint density at radius 1 is 1.25 bits per heavy atom. The molecule has 0 aromatic rings. The number of hydrogen-bond acceptors (Lipinski definition) is 5. The summed E-state index contributed by atoms with van der Waals surface area (Å²) in [5.74, 6) is 0. The van der Waals surface area contributed by atoms with Crippen molar-refractivity contribution in [3.8, 4) is 0 Å². The Morgan fingerprint density at radius 2 is 1.83 bits per heavy atom. The molecule has 4 N–H and O–H groups in total. The van der Waals surface area contributed by atoms with Crippen LogP contribution in [0.2, 0.25) is 0 Å². The van der Waals surface area contributed by atoms with Crippen molar-refractivity contribution < 1.29 is 25.2 Å². The molecule has 0 aromatic heterocycles. The van der Waals surface area contributed by atoms with Crippen LogP contribution < -0.4 is 0 Å². The Hall–Kier alpha value is -0.200. The van der Waals surface area contributed by atoms with Gasteiger partial charge in [0.1, 0.15) is 18.3 Å². The summed E-state index contributed by atoms with van der Waals surface area (Å²) in [5.41, 5.74) is 0. The van der Waals surface area contributed by atoms with E-state index in [1.807, 2.05) is 0 Å². The second-order valence-electron chi connectivity index (χ2n) is 2.95. The second kappa shape index (κ2) is 3.68. The van der Waals surface area contributed by atoms with E-state index in [2.05, 4.69) is 0 Å². The molecule has 0 aromatic carbocycles. The number of ether oxygens (including phenoxy) is 1. The molecule has 1 saturated heterocycles. The van der Waals surface area contributed by atoms with Crippen LogP contribution in [0.5, 0.6) is 0 Å². The summed E-state index contributed by atoms with van der Waals surface area (Å²) in [6.07, 6.45) is -5.27. The topological polar surface area (TPSA) is 90.2 Å². The number of rotatable bonds is 2. The highest BCUT2D eigenvalue weighted by molar-refractivity contribution is 4.89. The fraction of sp³-hybridized carbons (Fsp3) is 1.00. The van der Waals surface area contributed by atoms with Crippen molar-refractivity contribution in [1.29, 1.82) is 0 Å². The minimum absolute atomic E-state index is 0.404. The smallest absolute Gasteiger partial charge is 0.184 e. The van der Waals surface area contributed by atoms with Gasteiger partial charge in [-0.05, 0) is 6.42 Å². The maximum absolute atomic E-state index is 9.26. The van der Waals surface area contributed by atoms with Crippen LogP contribution >= 0.6 is 0 Å². The van der Waals surface area contributed by atoms with Gasteiger partial charge in [-0.15, -0.1) is 0 Å². The van der Waals surface area contributed by atoms with E-state index in [9.17, 15) is 10.2 Å². The van der Waals surface area contributed by atoms with Gasteiger partial charge < -0.3 is 25.2 Å². The molecule has 5 heteroatoms. The van der Waals surface area contributed by atoms with Gasteiger partial charge in [0.2, 0.25) is 0 Å². The van der Waals surface area contributed by atoms with Crippen molar-refractivity contribution in [2.75, 3.05) is 0 Å². The molecule has 72 valence electrons. The van der Waals surface area contributed by atoms with E-state index in [0.717, 1.165) is 0 Å². The predicted octanol–water partition coefficient (Wildman–Crippen LogP) is -1.80. The van der Waals surface area contributed by atoms with E-state index in [0.29, 0.717) is 6.42 Å². The lowest BCUT2D eigenvalue weighted by Crippen LogP contribution is -2.38. The van der Waals surface area contributed by atoms with Gasteiger partial charge in [-0.25, -0.2) is 0 Å². The van der Waals surface area contributed by atoms with E-state index in [-0.39, 0.29) is 0 Å². The number of hydrogen-bond donors (Lipinski definition) is 4. The molecule has 0 amide bonds. The summed E-state index contributed by atoms with van der Waals surface area (Å²) >= 11 is 0. The Balaban J connectivity index is 2.58. The summed E-state index contributed by atoms with van der Waals surface area (Å²) in [7, 11) is 0. The Morgan fingerprint density at radius 3 is 2.17 bits per heavy atom. The number of aliphatic hydroxyl groups excluding tert-OH is 4. The predicted molar refractivity (Wildman–Crippen MR) is 39.2 cm³/mol. The highest BCUT2D eigenvalue weighted by Gasteiger charge is 2.44. The zero-order valence-corrected chi connectivity index (χ0v) is 6.79. The Bertz CT molecular complexity index is 151. The molecule has 1 aliphatic rings. The first kappa shape index (κ1) is 9.88. The average molecular weight is 178 g/mol. The Labute approximate surface area is 70.2 Å². The van der Waals surface area contributed by atoms with Crippen molar-refractivity contribution >= 4 is 0 Å². The number of aliphatic hydroxyl groups is 4. The van der Waals surface area contributed by atoms with E-state index < -0.39 is 30.7 Å². The molecule has 5 atom stereocenters. The fourth-order valence-corrected chi connectivity index (χ4v) is 1.24. The van der Waals surface area contributed by atoms with Crippen LogP contribution in [-0.2, 0) is 4.74 Å². The first-order valence-corrected chi connectivity index (χ1v) is 3.95. The molecule has 0 spiro atoms. The summed E-state index contributed by atoms with van der Waals surface area (Å²) in [6.45, 7) is 1.72. The maximum atomic E-state index is 9.26. The van der Waals surface area contributed by atoms with E-state index in [4.69, 9.17) is 14.9 Å². The van der Waals surface area contributed by atoms with Crippen molar-refractivity contribution in [3.05, 3.63) is 0 Å². The fourth-order valence-electron chi connectivity index (χ4n) is 1.24. The zero-order valence-electron chi connectivity index (χ0n) is 6.79. The highest BCUT2D eigenvalue weighted by Crippen LogP contribution is 2.23. The molecule has 1 heterocycles. The first-order valence-electron chi connectivity index (χ1n) is 3.95. The van der Waals surface area contributed by atoms with Gasteiger partial charge in [-0.2, -0.15) is 0 Å². The van der Waals surface area contributed by atoms with Gasteiger partial charge in [0, 0.05) is 0 Å². The Kier molecular flexibility index (Phi) is 3.03. The summed E-state index contributed by atoms with van der Waals surface area (Å²) in [5, 5.41) is 36.5. The maximum Gasteiger partial charge on any atom is 0.184 e. The molecule has 0 saturated carbocycles. The van der Waals surface area contributed by atoms with Crippen LogP contribution in [0.3, 0.4) is 0 Å². The standard InChI is InChI=1S/C7H14O5/c1-2-3(8)6-4(9)5(10)7(11)12-6/h3-11H,2H2,1H3/t3-,4?,5?,6?,7+/m1/s1. The minimum Gasteiger partial charge on any atom is -0.390 e. The van der Waals surface area contributed by atoms with Crippen molar-refractivity contribution in [3.63, 3.8) is 0 Å². The molecule has 1 fully saturated rings. The van der Waals surface area contributed by atoms with Gasteiger partial charge in [0.25, 0.3) is 0 Å². The van der Waals surface area contributed by atoms with E-state index in [1.54, 1.807) is 6.92 Å². The summed E-state index contributed by atoms with van der Waals surface area (Å²) in [4.78, 5) is 0.